The summed E-state index contributed by atoms with van der Waals surface area (Å²) in [6.07, 6.45) is 6.90. The Kier molecular flexibility index (Phi) is 2.06. The minimum Gasteiger partial charge on any atom is -0.290 e. The number of rotatable bonds is 0. The van der Waals surface area contributed by atoms with Gasteiger partial charge in [0.15, 0.2) is 5.78 Å². The van der Waals surface area contributed by atoms with Crippen molar-refractivity contribution < 1.29 is 4.79 Å². The summed E-state index contributed by atoms with van der Waals surface area (Å²) < 4.78 is 0. The number of allylic oxidation sites excluding steroid dienone is 4. The number of benzene rings is 1. The van der Waals surface area contributed by atoms with Crippen molar-refractivity contribution in [2.45, 2.75) is 0 Å². The van der Waals surface area contributed by atoms with Crippen LogP contribution in [0.25, 0.3) is 11.6 Å². The fraction of sp³-hybridized carbons (Fsp3) is 0. The van der Waals surface area contributed by atoms with Crippen LogP contribution < -0.4 is 10.4 Å². The molecule has 2 aliphatic rings. The lowest BCUT2D eigenvalue weighted by Crippen LogP contribution is -2.23. The van der Waals surface area contributed by atoms with Crippen LogP contribution in [-0.4, -0.2) is 5.78 Å². The minimum absolute atomic E-state index is 0.00465. The average Bonchev–Trinajstić information content (AvgIpc) is 2.62. The van der Waals surface area contributed by atoms with Gasteiger partial charge in [-0.2, -0.15) is 0 Å². The topological polar surface area (TPSA) is 17.1 Å². The monoisotopic (exact) mass is 248 g/mol. The van der Waals surface area contributed by atoms with Crippen molar-refractivity contribution in [1.29, 1.82) is 0 Å². The van der Waals surface area contributed by atoms with Gasteiger partial charge in [0.05, 0.1) is 10.0 Å². The maximum Gasteiger partial charge on any atom is 0.179 e. The molecule has 3 heteroatoms. The maximum atomic E-state index is 11.3. The van der Waals surface area contributed by atoms with Crippen molar-refractivity contribution in [2.75, 3.05) is 0 Å². The average molecular weight is 249 g/mol. The Balaban J connectivity index is 2.47. The number of hydrogen-bond donors (Lipinski definition) is 0. The third-order valence-electron chi connectivity index (χ3n) is 2.75. The maximum absolute atomic E-state index is 11.3. The largest absolute Gasteiger partial charge is 0.290 e. The fourth-order valence-corrected chi connectivity index (χ4v) is 2.39. The molecule has 0 aromatic heterocycles. The summed E-state index contributed by atoms with van der Waals surface area (Å²) in [6.45, 7) is 0. The van der Waals surface area contributed by atoms with E-state index >= 15 is 0 Å². The smallest absolute Gasteiger partial charge is 0.179 e. The first-order valence-corrected chi connectivity index (χ1v) is 5.56. The predicted octanol–water partition coefficient (Wildman–Crippen LogP) is 2.00. The standard InChI is InChI=1S/C13H6Cl2O/c14-12-4-3-10-9-2-1-8(16)5-7(9)6-11(10)13(12)15/h1-6H. The summed E-state index contributed by atoms with van der Waals surface area (Å²) >= 11 is 12.1. The third-order valence-corrected chi connectivity index (χ3v) is 3.56. The van der Waals surface area contributed by atoms with E-state index in [0.717, 1.165) is 21.6 Å². The molecule has 0 heterocycles. The third kappa shape index (κ3) is 1.29. The van der Waals surface area contributed by atoms with Crippen molar-refractivity contribution in [1.82, 2.24) is 0 Å². The molecule has 0 bridgehead atoms. The Morgan fingerprint density at radius 2 is 1.81 bits per heavy atom. The number of hydrogen-bond acceptors (Lipinski definition) is 1. The van der Waals surface area contributed by atoms with Gasteiger partial charge in [0.1, 0.15) is 0 Å². The van der Waals surface area contributed by atoms with E-state index in [1.807, 2.05) is 18.2 Å². The number of halogens is 2. The van der Waals surface area contributed by atoms with Crippen LogP contribution in [0.1, 0.15) is 0 Å². The highest BCUT2D eigenvalue weighted by Crippen LogP contribution is 2.23. The number of ketones is 1. The van der Waals surface area contributed by atoms with E-state index < -0.39 is 0 Å². The van der Waals surface area contributed by atoms with Gasteiger partial charge in [0, 0.05) is 5.22 Å². The van der Waals surface area contributed by atoms with E-state index in [9.17, 15) is 4.79 Å². The Bertz CT molecular complexity index is 693. The van der Waals surface area contributed by atoms with E-state index in [4.69, 9.17) is 23.2 Å². The molecule has 3 rings (SSSR count). The highest BCUT2D eigenvalue weighted by Gasteiger charge is 2.15. The number of fused-ring (bicyclic) bond motifs is 2. The van der Waals surface area contributed by atoms with Gasteiger partial charge >= 0.3 is 0 Å². The van der Waals surface area contributed by atoms with Crippen LogP contribution in [0.5, 0.6) is 0 Å². The second kappa shape index (κ2) is 3.34. The van der Waals surface area contributed by atoms with Gasteiger partial charge in [-0.3, -0.25) is 4.79 Å². The van der Waals surface area contributed by atoms with Gasteiger partial charge in [-0.15, -0.1) is 0 Å². The lowest BCUT2D eigenvalue weighted by atomic mass is 10.0. The first-order valence-electron chi connectivity index (χ1n) is 4.81. The first kappa shape index (κ1) is 9.88. The molecule has 0 N–H and O–H groups in total. The van der Waals surface area contributed by atoms with Crippen molar-refractivity contribution in [2.24, 2.45) is 0 Å². The predicted molar refractivity (Wildman–Crippen MR) is 65.8 cm³/mol. The SMILES string of the molecule is O=C1C=CC2=c3ccc(Cl)c(Cl)c3=CC2=C1. The zero-order valence-electron chi connectivity index (χ0n) is 8.13. The van der Waals surface area contributed by atoms with Gasteiger partial charge in [0.25, 0.3) is 0 Å². The second-order valence-corrected chi connectivity index (χ2v) is 4.50. The molecule has 0 saturated heterocycles. The zero-order chi connectivity index (χ0) is 11.3. The summed E-state index contributed by atoms with van der Waals surface area (Å²) in [5.41, 5.74) is 1.94. The molecule has 0 amide bonds. The molecule has 0 aliphatic heterocycles. The Morgan fingerprint density at radius 3 is 2.62 bits per heavy atom. The molecule has 0 fully saturated rings. The number of carbonyl (C=O) groups is 1. The minimum atomic E-state index is 0.00465. The highest BCUT2D eigenvalue weighted by atomic mass is 35.5. The molecule has 0 radical (unpaired) electrons. The Morgan fingerprint density at radius 1 is 1.00 bits per heavy atom. The van der Waals surface area contributed by atoms with E-state index in [1.54, 1.807) is 18.2 Å². The molecular formula is C13H6Cl2O. The lowest BCUT2D eigenvalue weighted by Gasteiger charge is -2.02. The summed E-state index contributed by atoms with van der Waals surface area (Å²) in [5.74, 6) is 0.00465. The normalized spacial score (nSPS) is 16.8. The number of carbonyl (C=O) groups excluding carboxylic acids is 1. The molecule has 0 spiro atoms. The molecule has 2 aliphatic carbocycles. The highest BCUT2D eigenvalue weighted by molar-refractivity contribution is 6.42. The van der Waals surface area contributed by atoms with E-state index in [2.05, 4.69) is 0 Å². The fourth-order valence-electron chi connectivity index (χ4n) is 2.00. The molecule has 16 heavy (non-hydrogen) atoms. The lowest BCUT2D eigenvalue weighted by molar-refractivity contribution is -0.110. The van der Waals surface area contributed by atoms with Crippen LogP contribution in [0.4, 0.5) is 0 Å². The molecular weight excluding hydrogens is 243 g/mol. The van der Waals surface area contributed by atoms with Crippen LogP contribution in [0, 0.1) is 0 Å². The molecule has 1 aromatic rings. The quantitative estimate of drug-likeness (QED) is 0.687. The van der Waals surface area contributed by atoms with Crippen LogP contribution >= 0.6 is 23.2 Å². The Labute approximate surface area is 102 Å². The van der Waals surface area contributed by atoms with E-state index in [-0.39, 0.29) is 5.78 Å². The van der Waals surface area contributed by atoms with E-state index in [1.165, 1.54) is 0 Å². The van der Waals surface area contributed by atoms with Crippen LogP contribution in [-0.2, 0) is 4.79 Å². The molecule has 78 valence electrons. The van der Waals surface area contributed by atoms with Gasteiger partial charge in [0.2, 0.25) is 0 Å². The molecule has 0 unspecified atom stereocenters. The van der Waals surface area contributed by atoms with Crippen molar-refractivity contribution >= 4 is 40.6 Å². The summed E-state index contributed by atoms with van der Waals surface area (Å²) in [5, 5.41) is 3.01. The van der Waals surface area contributed by atoms with Gasteiger partial charge in [-0.05, 0) is 46.7 Å². The van der Waals surface area contributed by atoms with Crippen molar-refractivity contribution in [3.8, 4) is 0 Å². The van der Waals surface area contributed by atoms with Crippen molar-refractivity contribution in [3.63, 3.8) is 0 Å². The first-order chi connectivity index (χ1) is 7.66. The summed E-state index contributed by atoms with van der Waals surface area (Å²) in [6, 6.07) is 3.70. The van der Waals surface area contributed by atoms with Crippen LogP contribution in [0.15, 0.2) is 35.9 Å². The second-order valence-electron chi connectivity index (χ2n) is 3.72. The van der Waals surface area contributed by atoms with Gasteiger partial charge in [-0.1, -0.05) is 29.3 Å². The molecule has 1 nitrogen and oxygen atoms in total. The van der Waals surface area contributed by atoms with Crippen LogP contribution in [0.2, 0.25) is 10.0 Å². The van der Waals surface area contributed by atoms with Gasteiger partial charge < -0.3 is 0 Å². The summed E-state index contributed by atoms with van der Waals surface area (Å²) in [4.78, 5) is 11.3. The Hall–Kier alpha value is -1.31. The molecule has 0 atom stereocenters. The van der Waals surface area contributed by atoms with E-state index in [0.29, 0.717) is 10.0 Å². The van der Waals surface area contributed by atoms with Crippen LogP contribution in [0.3, 0.4) is 0 Å². The molecule has 1 aromatic carbocycles. The molecule has 0 saturated carbocycles. The zero-order valence-corrected chi connectivity index (χ0v) is 9.64. The van der Waals surface area contributed by atoms with Gasteiger partial charge in [-0.25, -0.2) is 0 Å². The summed E-state index contributed by atoms with van der Waals surface area (Å²) in [7, 11) is 0. The van der Waals surface area contributed by atoms with Crippen molar-refractivity contribution in [3.05, 3.63) is 56.4 Å².